The fraction of sp³-hybridized carbons (Fsp3) is 0.0857. The van der Waals surface area contributed by atoms with Gasteiger partial charge in [0.2, 0.25) is 0 Å². The van der Waals surface area contributed by atoms with Crippen molar-refractivity contribution < 1.29 is 0 Å². The van der Waals surface area contributed by atoms with E-state index in [1.807, 2.05) is 24.3 Å². The van der Waals surface area contributed by atoms with Crippen molar-refractivity contribution in [1.29, 1.82) is 10.5 Å². The van der Waals surface area contributed by atoms with E-state index in [4.69, 9.17) is 9.97 Å². The Morgan fingerprint density at radius 3 is 1.69 bits per heavy atom. The topological polar surface area (TPSA) is 73.4 Å². The van der Waals surface area contributed by atoms with Crippen LogP contribution in [0.2, 0.25) is 0 Å². The minimum Gasteiger partial charge on any atom is -0.256 e. The Morgan fingerprint density at radius 2 is 1.10 bits per heavy atom. The second kappa shape index (κ2) is 8.35. The molecule has 1 aliphatic rings. The molecule has 0 saturated heterocycles. The first-order valence-corrected chi connectivity index (χ1v) is 12.9. The van der Waals surface area contributed by atoms with Gasteiger partial charge in [0.25, 0.3) is 0 Å². The van der Waals surface area contributed by atoms with Crippen LogP contribution in [-0.2, 0) is 5.41 Å². The third kappa shape index (κ3) is 3.29. The van der Waals surface area contributed by atoms with Gasteiger partial charge in [0, 0.05) is 28.9 Å². The zero-order chi connectivity index (χ0) is 26.7. The molecule has 4 heteroatoms. The SMILES string of the molecule is CC1(C)c2ccccc2-c2cc3c(-c4cc(C#N)ccn4)c4ccccc4c(-c4cc(C#N)ccn4)c3cc21. The summed E-state index contributed by atoms with van der Waals surface area (Å²) in [6.07, 6.45) is 3.40. The number of pyridine rings is 2. The number of hydrogen-bond donors (Lipinski definition) is 0. The number of nitriles is 2. The molecule has 2 aromatic heterocycles. The summed E-state index contributed by atoms with van der Waals surface area (Å²) < 4.78 is 0. The molecule has 0 fully saturated rings. The molecule has 0 bridgehead atoms. The summed E-state index contributed by atoms with van der Waals surface area (Å²) in [5.41, 5.74) is 9.46. The van der Waals surface area contributed by atoms with Crippen LogP contribution in [0.4, 0.5) is 0 Å². The summed E-state index contributed by atoms with van der Waals surface area (Å²) in [5.74, 6) is 0. The van der Waals surface area contributed by atoms with Crippen molar-refractivity contribution in [3.63, 3.8) is 0 Å². The quantitative estimate of drug-likeness (QED) is 0.226. The molecule has 182 valence electrons. The van der Waals surface area contributed by atoms with Crippen LogP contribution in [0.5, 0.6) is 0 Å². The first kappa shape index (κ1) is 22.8. The Hall–Kier alpha value is -5.32. The third-order valence-electron chi connectivity index (χ3n) is 8.02. The lowest BCUT2D eigenvalue weighted by molar-refractivity contribution is 0.661. The largest absolute Gasteiger partial charge is 0.256 e. The van der Waals surface area contributed by atoms with E-state index < -0.39 is 0 Å². The minimum atomic E-state index is -0.176. The number of rotatable bonds is 2. The van der Waals surface area contributed by atoms with Crippen LogP contribution in [-0.4, -0.2) is 9.97 Å². The molecule has 0 N–H and O–H groups in total. The Labute approximate surface area is 226 Å². The van der Waals surface area contributed by atoms with E-state index in [-0.39, 0.29) is 5.41 Å². The number of fused-ring (bicyclic) bond motifs is 5. The highest BCUT2D eigenvalue weighted by Gasteiger charge is 2.36. The number of aromatic nitrogens is 2. The number of hydrogen-bond acceptors (Lipinski definition) is 4. The molecule has 7 rings (SSSR count). The van der Waals surface area contributed by atoms with Gasteiger partial charge in [0.1, 0.15) is 0 Å². The maximum Gasteiger partial charge on any atom is 0.0992 e. The second-order valence-electron chi connectivity index (χ2n) is 10.5. The van der Waals surface area contributed by atoms with Gasteiger partial charge in [-0.1, -0.05) is 62.4 Å². The van der Waals surface area contributed by atoms with Gasteiger partial charge in [-0.3, -0.25) is 9.97 Å². The molecule has 4 nitrogen and oxygen atoms in total. The summed E-state index contributed by atoms with van der Waals surface area (Å²) in [5, 5.41) is 23.5. The average molecular weight is 499 g/mol. The predicted molar refractivity (Wildman–Crippen MR) is 155 cm³/mol. The molecule has 0 saturated carbocycles. The average Bonchev–Trinajstić information content (AvgIpc) is 3.20. The zero-order valence-electron chi connectivity index (χ0n) is 21.5. The summed E-state index contributed by atoms with van der Waals surface area (Å²) in [6.45, 7) is 4.55. The van der Waals surface area contributed by atoms with Gasteiger partial charge in [-0.25, -0.2) is 0 Å². The molecule has 0 spiro atoms. The zero-order valence-corrected chi connectivity index (χ0v) is 21.5. The first-order valence-electron chi connectivity index (χ1n) is 12.9. The van der Waals surface area contributed by atoms with Gasteiger partial charge in [-0.15, -0.1) is 0 Å². The van der Waals surface area contributed by atoms with E-state index >= 15 is 0 Å². The summed E-state index contributed by atoms with van der Waals surface area (Å²) in [7, 11) is 0. The Kier molecular flexibility index (Phi) is 4.89. The third-order valence-corrected chi connectivity index (χ3v) is 8.02. The smallest absolute Gasteiger partial charge is 0.0992 e. The van der Waals surface area contributed by atoms with Crippen molar-refractivity contribution in [3.05, 3.63) is 120 Å². The molecule has 2 heterocycles. The van der Waals surface area contributed by atoms with E-state index in [1.54, 1.807) is 24.5 Å². The summed E-state index contributed by atoms with van der Waals surface area (Å²) in [6, 6.07) is 33.2. The van der Waals surface area contributed by atoms with E-state index in [1.165, 1.54) is 22.3 Å². The van der Waals surface area contributed by atoms with Crippen molar-refractivity contribution >= 4 is 21.5 Å². The van der Waals surface area contributed by atoms with Crippen molar-refractivity contribution in [2.45, 2.75) is 19.3 Å². The fourth-order valence-electron chi connectivity index (χ4n) is 6.20. The lowest BCUT2D eigenvalue weighted by Crippen LogP contribution is -2.14. The molecule has 4 aromatic carbocycles. The highest BCUT2D eigenvalue weighted by Crippen LogP contribution is 2.52. The van der Waals surface area contributed by atoms with Gasteiger partial charge in [-0.05, 0) is 80.2 Å². The predicted octanol–water partition coefficient (Wildman–Crippen LogP) is 8.17. The van der Waals surface area contributed by atoms with Gasteiger partial charge < -0.3 is 0 Å². The van der Waals surface area contributed by atoms with Crippen molar-refractivity contribution in [3.8, 4) is 45.8 Å². The van der Waals surface area contributed by atoms with Crippen LogP contribution >= 0.6 is 0 Å². The highest BCUT2D eigenvalue weighted by molar-refractivity contribution is 6.21. The minimum absolute atomic E-state index is 0.176. The van der Waals surface area contributed by atoms with E-state index in [2.05, 4.69) is 74.5 Å². The van der Waals surface area contributed by atoms with Crippen LogP contribution < -0.4 is 0 Å². The Bertz CT molecular complexity index is 2070. The Balaban J connectivity index is 1.71. The maximum absolute atomic E-state index is 9.66. The maximum atomic E-state index is 9.66. The van der Waals surface area contributed by atoms with Gasteiger partial charge in [0.15, 0.2) is 0 Å². The number of benzene rings is 4. The highest BCUT2D eigenvalue weighted by atomic mass is 14.7. The molecule has 0 radical (unpaired) electrons. The first-order chi connectivity index (χ1) is 19.0. The molecular formula is C35H22N4. The molecule has 6 aromatic rings. The molecule has 0 amide bonds. The molecular weight excluding hydrogens is 476 g/mol. The van der Waals surface area contributed by atoms with Crippen molar-refractivity contribution in [2.24, 2.45) is 0 Å². The van der Waals surface area contributed by atoms with Crippen LogP contribution in [0, 0.1) is 22.7 Å². The van der Waals surface area contributed by atoms with Gasteiger partial charge in [0.05, 0.1) is 34.7 Å². The molecule has 1 aliphatic carbocycles. The normalized spacial score (nSPS) is 13.0. The summed E-state index contributed by atoms with van der Waals surface area (Å²) >= 11 is 0. The van der Waals surface area contributed by atoms with Crippen LogP contribution in [0.15, 0.2) is 97.3 Å². The van der Waals surface area contributed by atoms with E-state index in [0.717, 1.165) is 44.1 Å². The lowest BCUT2D eigenvalue weighted by atomic mass is 9.80. The molecule has 0 atom stereocenters. The van der Waals surface area contributed by atoms with E-state index in [0.29, 0.717) is 11.1 Å². The van der Waals surface area contributed by atoms with Crippen LogP contribution in [0.1, 0.15) is 36.1 Å². The van der Waals surface area contributed by atoms with Crippen LogP contribution in [0.25, 0.3) is 55.2 Å². The fourth-order valence-corrected chi connectivity index (χ4v) is 6.20. The van der Waals surface area contributed by atoms with Crippen LogP contribution in [0.3, 0.4) is 0 Å². The van der Waals surface area contributed by atoms with E-state index in [9.17, 15) is 10.5 Å². The second-order valence-corrected chi connectivity index (χ2v) is 10.5. The lowest BCUT2D eigenvalue weighted by Gasteiger charge is -2.23. The monoisotopic (exact) mass is 498 g/mol. The molecule has 0 aliphatic heterocycles. The van der Waals surface area contributed by atoms with Crippen molar-refractivity contribution in [2.75, 3.05) is 0 Å². The molecule has 39 heavy (non-hydrogen) atoms. The van der Waals surface area contributed by atoms with Crippen molar-refractivity contribution in [1.82, 2.24) is 9.97 Å². The Morgan fingerprint density at radius 1 is 0.564 bits per heavy atom. The standard InChI is InChI=1S/C35H22N4/c1-35(2)29-10-6-5-7-23(29)26-17-27-28(18-30(26)35)34(32-16-22(20-37)12-14-39-32)25-9-4-3-8-24(25)33(27)31-15-21(19-36)11-13-38-31/h3-18H,1-2H3. The molecule has 0 unspecified atom stereocenters. The van der Waals surface area contributed by atoms with Gasteiger partial charge >= 0.3 is 0 Å². The van der Waals surface area contributed by atoms with Gasteiger partial charge in [-0.2, -0.15) is 10.5 Å². The number of nitrogens with zero attached hydrogens (tertiary/aromatic N) is 4. The summed E-state index contributed by atoms with van der Waals surface area (Å²) in [4.78, 5) is 9.49.